The fourth-order valence-corrected chi connectivity index (χ4v) is 4.08. The fourth-order valence-electron chi connectivity index (χ4n) is 4.08. The zero-order chi connectivity index (χ0) is 19.9. The zero-order valence-corrected chi connectivity index (χ0v) is 15.9. The Morgan fingerprint density at radius 3 is 2.61 bits per heavy atom. The Hall–Kier alpha value is -2.82. The average Bonchev–Trinajstić information content (AvgIpc) is 2.99. The SMILES string of the molecule is CC1(C)CC(=O)c2c([nH]c(-c3ccnc(C(F)F)c3)c2Cc2ccccc2)C1. The van der Waals surface area contributed by atoms with Gasteiger partial charge in [-0.2, -0.15) is 0 Å². The molecule has 4 rings (SSSR count). The summed E-state index contributed by atoms with van der Waals surface area (Å²) in [7, 11) is 0. The molecule has 3 nitrogen and oxygen atoms in total. The Morgan fingerprint density at radius 1 is 1.14 bits per heavy atom. The van der Waals surface area contributed by atoms with Gasteiger partial charge >= 0.3 is 0 Å². The van der Waals surface area contributed by atoms with Gasteiger partial charge in [-0.05, 0) is 35.1 Å². The zero-order valence-electron chi connectivity index (χ0n) is 15.9. The van der Waals surface area contributed by atoms with E-state index in [9.17, 15) is 13.6 Å². The summed E-state index contributed by atoms with van der Waals surface area (Å²) < 4.78 is 26.3. The van der Waals surface area contributed by atoms with Crippen LogP contribution in [0.5, 0.6) is 0 Å². The molecule has 1 aliphatic rings. The third kappa shape index (κ3) is 3.49. The smallest absolute Gasteiger partial charge is 0.280 e. The number of halogens is 2. The van der Waals surface area contributed by atoms with Gasteiger partial charge in [0.05, 0.1) is 5.69 Å². The minimum Gasteiger partial charge on any atom is -0.358 e. The van der Waals surface area contributed by atoms with E-state index in [0.717, 1.165) is 34.5 Å². The van der Waals surface area contributed by atoms with Gasteiger partial charge in [0, 0.05) is 35.9 Å². The lowest BCUT2D eigenvalue weighted by molar-refractivity contribution is 0.0911. The molecule has 0 bridgehead atoms. The third-order valence-electron chi connectivity index (χ3n) is 5.27. The van der Waals surface area contributed by atoms with Crippen LogP contribution in [-0.4, -0.2) is 15.8 Å². The number of carbonyl (C=O) groups excluding carboxylic acids is 1. The van der Waals surface area contributed by atoms with Gasteiger partial charge in [-0.15, -0.1) is 0 Å². The second-order valence-corrected chi connectivity index (χ2v) is 8.21. The van der Waals surface area contributed by atoms with E-state index in [0.29, 0.717) is 18.4 Å². The molecule has 0 spiro atoms. The van der Waals surface area contributed by atoms with Gasteiger partial charge in [0.25, 0.3) is 6.43 Å². The normalized spacial score (nSPS) is 15.7. The molecule has 1 aliphatic carbocycles. The molecule has 1 N–H and O–H groups in total. The summed E-state index contributed by atoms with van der Waals surface area (Å²) in [4.78, 5) is 20.1. The highest BCUT2D eigenvalue weighted by Gasteiger charge is 2.35. The monoisotopic (exact) mass is 380 g/mol. The minimum atomic E-state index is -2.64. The molecule has 0 saturated heterocycles. The third-order valence-corrected chi connectivity index (χ3v) is 5.27. The number of benzene rings is 1. The number of nitrogens with zero attached hydrogens (tertiary/aromatic N) is 1. The Morgan fingerprint density at radius 2 is 1.89 bits per heavy atom. The fraction of sp³-hybridized carbons (Fsp3) is 0.304. The first-order chi connectivity index (χ1) is 13.3. The standard InChI is InChI=1S/C23H22F2N2O/c1-23(2)12-18-20(19(28)13-23)16(10-14-6-4-3-5-7-14)21(27-18)15-8-9-26-17(11-15)22(24)25/h3-9,11,22,27H,10,12-13H2,1-2H3. The molecule has 0 aliphatic heterocycles. The Balaban J connectivity index is 1.88. The van der Waals surface area contributed by atoms with Crippen LogP contribution in [0.4, 0.5) is 8.78 Å². The Bertz CT molecular complexity index is 1020. The summed E-state index contributed by atoms with van der Waals surface area (Å²) in [6.07, 6.45) is 0.568. The molecule has 3 aromatic rings. The van der Waals surface area contributed by atoms with Gasteiger partial charge in [-0.3, -0.25) is 9.78 Å². The van der Waals surface area contributed by atoms with Gasteiger partial charge in [0.15, 0.2) is 5.78 Å². The van der Waals surface area contributed by atoms with Gasteiger partial charge in [-0.25, -0.2) is 8.78 Å². The number of fused-ring (bicyclic) bond motifs is 1. The summed E-state index contributed by atoms with van der Waals surface area (Å²) in [5.41, 5.74) is 4.58. The van der Waals surface area contributed by atoms with Crippen LogP contribution >= 0.6 is 0 Å². The van der Waals surface area contributed by atoms with Crippen LogP contribution in [0.25, 0.3) is 11.3 Å². The summed E-state index contributed by atoms with van der Waals surface area (Å²) in [6, 6.07) is 13.0. The Labute approximate surface area is 162 Å². The largest absolute Gasteiger partial charge is 0.358 e. The van der Waals surface area contributed by atoms with Gasteiger partial charge < -0.3 is 4.98 Å². The Kier molecular flexibility index (Phi) is 4.61. The van der Waals surface area contributed by atoms with Crippen molar-refractivity contribution < 1.29 is 13.6 Å². The molecule has 0 radical (unpaired) electrons. The van der Waals surface area contributed by atoms with Crippen LogP contribution in [0.1, 0.15) is 59.6 Å². The number of pyridine rings is 1. The van der Waals surface area contributed by atoms with Crippen molar-refractivity contribution in [2.24, 2.45) is 5.41 Å². The summed E-state index contributed by atoms with van der Waals surface area (Å²) in [5, 5.41) is 0. The van der Waals surface area contributed by atoms with E-state index in [1.165, 1.54) is 12.3 Å². The first-order valence-electron chi connectivity index (χ1n) is 9.39. The molecule has 5 heteroatoms. The van der Waals surface area contributed by atoms with Crippen LogP contribution < -0.4 is 0 Å². The second-order valence-electron chi connectivity index (χ2n) is 8.21. The number of nitrogens with one attached hydrogen (secondary N) is 1. The van der Waals surface area contributed by atoms with Crippen molar-refractivity contribution in [1.82, 2.24) is 9.97 Å². The highest BCUT2D eigenvalue weighted by molar-refractivity contribution is 6.02. The van der Waals surface area contributed by atoms with Gasteiger partial charge in [0.2, 0.25) is 0 Å². The number of carbonyl (C=O) groups is 1. The molecule has 0 unspecified atom stereocenters. The maximum Gasteiger partial charge on any atom is 0.280 e. The first kappa shape index (κ1) is 18.5. The number of H-pyrrole nitrogens is 1. The van der Waals surface area contributed by atoms with Crippen molar-refractivity contribution in [2.75, 3.05) is 0 Å². The van der Waals surface area contributed by atoms with E-state index in [-0.39, 0.29) is 16.9 Å². The number of hydrogen-bond acceptors (Lipinski definition) is 2. The van der Waals surface area contributed by atoms with Crippen molar-refractivity contribution in [3.8, 4) is 11.3 Å². The molecular formula is C23H22F2N2O. The average molecular weight is 380 g/mol. The predicted molar refractivity (Wildman–Crippen MR) is 105 cm³/mol. The number of alkyl halides is 2. The molecule has 0 saturated carbocycles. The minimum absolute atomic E-state index is 0.114. The van der Waals surface area contributed by atoms with Gasteiger partial charge in [0.1, 0.15) is 5.69 Å². The number of hydrogen-bond donors (Lipinski definition) is 1. The summed E-state index contributed by atoms with van der Waals surface area (Å²) in [6.45, 7) is 4.15. The highest BCUT2D eigenvalue weighted by atomic mass is 19.3. The summed E-state index contributed by atoms with van der Waals surface area (Å²) in [5.74, 6) is 0.114. The van der Waals surface area contributed by atoms with E-state index in [1.54, 1.807) is 6.07 Å². The number of rotatable bonds is 4. The van der Waals surface area contributed by atoms with Crippen molar-refractivity contribution in [3.05, 3.63) is 76.7 Å². The van der Waals surface area contributed by atoms with Crippen LogP contribution in [0.2, 0.25) is 0 Å². The highest BCUT2D eigenvalue weighted by Crippen LogP contribution is 2.40. The number of aromatic amines is 1. The predicted octanol–water partition coefficient (Wildman–Crippen LogP) is 5.76. The molecule has 2 aromatic heterocycles. The molecule has 144 valence electrons. The lowest BCUT2D eigenvalue weighted by Gasteiger charge is -2.28. The quantitative estimate of drug-likeness (QED) is 0.625. The maximum atomic E-state index is 13.2. The molecule has 0 atom stereocenters. The molecular weight excluding hydrogens is 358 g/mol. The topological polar surface area (TPSA) is 45.8 Å². The molecule has 0 fully saturated rings. The van der Waals surface area contributed by atoms with Crippen LogP contribution in [0, 0.1) is 5.41 Å². The van der Waals surface area contributed by atoms with E-state index < -0.39 is 6.43 Å². The molecule has 1 aromatic carbocycles. The van der Waals surface area contributed by atoms with Crippen molar-refractivity contribution in [3.63, 3.8) is 0 Å². The molecule has 2 heterocycles. The van der Waals surface area contributed by atoms with Crippen LogP contribution in [-0.2, 0) is 12.8 Å². The van der Waals surface area contributed by atoms with Crippen molar-refractivity contribution in [2.45, 2.75) is 39.5 Å². The number of ketones is 1. The summed E-state index contributed by atoms with van der Waals surface area (Å²) >= 11 is 0. The van der Waals surface area contributed by atoms with E-state index in [2.05, 4.69) is 23.8 Å². The molecule has 0 amide bonds. The number of Topliss-reactive ketones (excluding diaryl/α,β-unsaturated/α-hetero) is 1. The number of aromatic nitrogens is 2. The van der Waals surface area contributed by atoms with E-state index in [1.807, 2.05) is 30.3 Å². The van der Waals surface area contributed by atoms with Crippen molar-refractivity contribution in [1.29, 1.82) is 0 Å². The first-order valence-corrected chi connectivity index (χ1v) is 9.39. The van der Waals surface area contributed by atoms with Crippen molar-refractivity contribution >= 4 is 5.78 Å². The van der Waals surface area contributed by atoms with Crippen LogP contribution in [0.15, 0.2) is 48.7 Å². The second kappa shape index (κ2) is 6.97. The lowest BCUT2D eigenvalue weighted by Crippen LogP contribution is -2.27. The molecule has 28 heavy (non-hydrogen) atoms. The van der Waals surface area contributed by atoms with Gasteiger partial charge in [-0.1, -0.05) is 44.2 Å². The van der Waals surface area contributed by atoms with E-state index >= 15 is 0 Å². The van der Waals surface area contributed by atoms with E-state index in [4.69, 9.17) is 0 Å². The maximum absolute atomic E-state index is 13.2. The lowest BCUT2D eigenvalue weighted by atomic mass is 9.75. The van der Waals surface area contributed by atoms with Crippen LogP contribution in [0.3, 0.4) is 0 Å².